The Hall–Kier alpha value is -5.21. The Labute approximate surface area is 265 Å². The highest BCUT2D eigenvalue weighted by atomic mass is 16.5. The fourth-order valence-corrected chi connectivity index (χ4v) is 7.50. The van der Waals surface area contributed by atoms with E-state index in [9.17, 15) is 29.1 Å². The third-order valence-corrected chi connectivity index (χ3v) is 9.57. The molecule has 46 heavy (non-hydrogen) atoms. The lowest BCUT2D eigenvalue weighted by atomic mass is 9.59. The van der Waals surface area contributed by atoms with Gasteiger partial charge in [-0.05, 0) is 62.1 Å². The van der Waals surface area contributed by atoms with Crippen molar-refractivity contribution in [3.63, 3.8) is 0 Å². The number of benzene rings is 3. The Bertz CT molecular complexity index is 1900. The molecule has 4 atom stereocenters. The maximum absolute atomic E-state index is 14.2. The smallest absolute Gasteiger partial charge is 0.238 e. The number of aliphatic hydroxyl groups excluding tert-OH is 1. The van der Waals surface area contributed by atoms with Crippen molar-refractivity contribution < 1.29 is 33.8 Å². The molecule has 3 aliphatic carbocycles. The van der Waals surface area contributed by atoms with E-state index in [0.29, 0.717) is 51.3 Å². The molecule has 1 aliphatic heterocycles. The van der Waals surface area contributed by atoms with Crippen LogP contribution in [0.15, 0.2) is 113 Å². The third kappa shape index (κ3) is 4.68. The van der Waals surface area contributed by atoms with Crippen LogP contribution in [0.1, 0.15) is 47.2 Å². The fourth-order valence-electron chi connectivity index (χ4n) is 7.50. The van der Waals surface area contributed by atoms with Crippen molar-refractivity contribution in [3.8, 4) is 5.75 Å². The second kappa shape index (κ2) is 11.6. The van der Waals surface area contributed by atoms with E-state index in [1.54, 1.807) is 67.6 Å². The number of imide groups is 1. The molecule has 0 saturated carbocycles. The van der Waals surface area contributed by atoms with Crippen LogP contribution < -0.4 is 9.64 Å². The zero-order valence-corrected chi connectivity index (χ0v) is 25.1. The van der Waals surface area contributed by atoms with Crippen molar-refractivity contribution in [3.05, 3.63) is 130 Å². The van der Waals surface area contributed by atoms with Crippen molar-refractivity contribution in [2.75, 3.05) is 18.1 Å². The van der Waals surface area contributed by atoms with Crippen LogP contribution in [-0.4, -0.2) is 47.5 Å². The van der Waals surface area contributed by atoms with E-state index in [-0.39, 0.29) is 48.8 Å². The lowest BCUT2D eigenvalue weighted by molar-refractivity contribution is -0.123. The molecule has 1 N–H and O–H groups in total. The SMILES string of the molecule is CC1=CC(=O)C2=C(C1=O)[C@@H](c1ccccc1OCCO)C1=CC[C@@H]3C(=O)N(c4ccc(C(=O)c5ccccc5)cc4)C(=O)[C@@H]3[C@@H]1C2. The van der Waals surface area contributed by atoms with Gasteiger partial charge in [0.15, 0.2) is 17.3 Å². The molecule has 8 heteroatoms. The molecule has 0 radical (unpaired) electrons. The van der Waals surface area contributed by atoms with E-state index in [1.807, 2.05) is 24.3 Å². The van der Waals surface area contributed by atoms with E-state index in [4.69, 9.17) is 4.74 Å². The number of carbonyl (C=O) groups is 5. The highest BCUT2D eigenvalue weighted by Gasteiger charge is 2.56. The van der Waals surface area contributed by atoms with Crippen molar-refractivity contribution in [1.29, 1.82) is 0 Å². The highest BCUT2D eigenvalue weighted by molar-refractivity contribution is 6.25. The van der Waals surface area contributed by atoms with Gasteiger partial charge < -0.3 is 9.84 Å². The summed E-state index contributed by atoms with van der Waals surface area (Å²) in [5.74, 6) is -3.34. The summed E-state index contributed by atoms with van der Waals surface area (Å²) in [7, 11) is 0. The van der Waals surface area contributed by atoms with E-state index in [2.05, 4.69) is 0 Å². The normalized spacial score (nSPS) is 23.8. The first-order valence-corrected chi connectivity index (χ1v) is 15.4. The zero-order chi connectivity index (χ0) is 32.1. The summed E-state index contributed by atoms with van der Waals surface area (Å²) in [5.41, 5.74) is 3.95. The van der Waals surface area contributed by atoms with E-state index < -0.39 is 23.7 Å². The van der Waals surface area contributed by atoms with Gasteiger partial charge in [-0.3, -0.25) is 28.9 Å². The second-order valence-corrected chi connectivity index (χ2v) is 12.1. The van der Waals surface area contributed by atoms with Crippen molar-refractivity contribution >= 4 is 34.9 Å². The predicted molar refractivity (Wildman–Crippen MR) is 169 cm³/mol. The fraction of sp³-hybridized carbons (Fsp3) is 0.237. The Morgan fingerprint density at radius 3 is 2.30 bits per heavy atom. The van der Waals surface area contributed by atoms with Crippen LogP contribution in [0.5, 0.6) is 5.75 Å². The summed E-state index contributed by atoms with van der Waals surface area (Å²) in [6.45, 7) is 1.48. The molecule has 2 amide bonds. The number of rotatable bonds is 7. The Morgan fingerprint density at radius 1 is 0.870 bits per heavy atom. The van der Waals surface area contributed by atoms with Crippen molar-refractivity contribution in [2.45, 2.75) is 25.7 Å². The molecule has 8 nitrogen and oxygen atoms in total. The van der Waals surface area contributed by atoms with Crippen LogP contribution in [0, 0.1) is 17.8 Å². The van der Waals surface area contributed by atoms with Gasteiger partial charge in [-0.15, -0.1) is 0 Å². The summed E-state index contributed by atoms with van der Waals surface area (Å²) in [6.07, 6.45) is 3.79. The van der Waals surface area contributed by atoms with Gasteiger partial charge in [0, 0.05) is 39.3 Å². The summed E-state index contributed by atoms with van der Waals surface area (Å²) in [6, 6.07) is 22.6. The van der Waals surface area contributed by atoms with Crippen LogP contribution in [0.4, 0.5) is 5.69 Å². The van der Waals surface area contributed by atoms with Crippen molar-refractivity contribution in [2.24, 2.45) is 17.8 Å². The van der Waals surface area contributed by atoms with E-state index >= 15 is 0 Å². The molecule has 3 aromatic carbocycles. The van der Waals surface area contributed by atoms with Gasteiger partial charge in [0.1, 0.15) is 12.4 Å². The minimum absolute atomic E-state index is 0.0479. The minimum atomic E-state index is -0.727. The summed E-state index contributed by atoms with van der Waals surface area (Å²) >= 11 is 0. The molecular formula is C38H31NO7. The number of fused-ring (bicyclic) bond motifs is 3. The number of Topliss-reactive ketones (excluding diaryl/α,β-unsaturated/α-hetero) is 1. The van der Waals surface area contributed by atoms with Gasteiger partial charge in [0.2, 0.25) is 11.8 Å². The number of aliphatic hydroxyl groups is 1. The molecule has 0 spiro atoms. The molecule has 1 fully saturated rings. The number of hydrogen-bond acceptors (Lipinski definition) is 7. The molecule has 1 saturated heterocycles. The molecular weight excluding hydrogens is 582 g/mol. The molecule has 7 rings (SSSR count). The number of hydrogen-bond donors (Lipinski definition) is 1. The standard InChI is InChI=1S/C38H31NO7/c1-21-19-30(41)29-20-28-25(32(34(29)35(21)42)26-9-5-6-10-31(26)46-18-17-40)15-16-27-33(28)38(45)39(37(27)44)24-13-11-23(12-14-24)36(43)22-7-3-2-4-8-22/h2-15,19,27-28,32-33,40H,16-18,20H2,1H3/t27-,28+,32+,33-/m0/s1. The number of nitrogens with zero attached hydrogens (tertiary/aromatic N) is 1. The Morgan fingerprint density at radius 2 is 1.57 bits per heavy atom. The van der Waals surface area contributed by atoms with Gasteiger partial charge in [-0.25, -0.2) is 0 Å². The summed E-state index contributed by atoms with van der Waals surface area (Å²) in [5, 5.41) is 9.44. The zero-order valence-electron chi connectivity index (χ0n) is 25.1. The Kier molecular flexibility index (Phi) is 7.45. The van der Waals surface area contributed by atoms with E-state index in [0.717, 1.165) is 5.57 Å². The molecule has 0 aromatic heterocycles. The van der Waals surface area contributed by atoms with Gasteiger partial charge in [0.25, 0.3) is 0 Å². The quantitative estimate of drug-likeness (QED) is 0.174. The van der Waals surface area contributed by atoms with Gasteiger partial charge >= 0.3 is 0 Å². The summed E-state index contributed by atoms with van der Waals surface area (Å²) in [4.78, 5) is 69.4. The van der Waals surface area contributed by atoms with E-state index in [1.165, 1.54) is 11.0 Å². The maximum Gasteiger partial charge on any atom is 0.238 e. The van der Waals surface area contributed by atoms with Crippen LogP contribution in [0.2, 0.25) is 0 Å². The number of para-hydroxylation sites is 1. The van der Waals surface area contributed by atoms with Crippen LogP contribution in [0.25, 0.3) is 0 Å². The topological polar surface area (TPSA) is 118 Å². The van der Waals surface area contributed by atoms with Crippen LogP contribution in [-0.2, 0) is 19.2 Å². The number of carbonyl (C=O) groups excluding carboxylic acids is 5. The third-order valence-electron chi connectivity index (χ3n) is 9.57. The Balaban J connectivity index is 1.26. The maximum atomic E-state index is 14.2. The predicted octanol–water partition coefficient (Wildman–Crippen LogP) is 4.92. The largest absolute Gasteiger partial charge is 0.491 e. The molecule has 230 valence electrons. The first kappa shape index (κ1) is 29.5. The number of allylic oxidation sites excluding steroid dienone is 6. The number of amides is 2. The number of anilines is 1. The average Bonchev–Trinajstić information content (AvgIpc) is 3.34. The lowest BCUT2D eigenvalue weighted by Crippen LogP contribution is -2.40. The van der Waals surface area contributed by atoms with Gasteiger partial charge in [-0.2, -0.15) is 0 Å². The minimum Gasteiger partial charge on any atom is -0.491 e. The summed E-state index contributed by atoms with van der Waals surface area (Å²) < 4.78 is 5.88. The molecule has 0 unspecified atom stereocenters. The highest BCUT2D eigenvalue weighted by Crippen LogP contribution is 2.56. The molecule has 3 aromatic rings. The molecule has 1 heterocycles. The van der Waals surface area contributed by atoms with Crippen LogP contribution in [0.3, 0.4) is 0 Å². The van der Waals surface area contributed by atoms with Crippen molar-refractivity contribution in [1.82, 2.24) is 0 Å². The average molecular weight is 614 g/mol. The molecule has 0 bridgehead atoms. The van der Waals surface area contributed by atoms with Gasteiger partial charge in [0.05, 0.1) is 24.1 Å². The number of ketones is 3. The van der Waals surface area contributed by atoms with Gasteiger partial charge in [-0.1, -0.05) is 60.2 Å². The van der Waals surface area contributed by atoms with Crippen LogP contribution >= 0.6 is 0 Å². The monoisotopic (exact) mass is 613 g/mol. The first-order chi connectivity index (χ1) is 22.3. The number of ether oxygens (including phenoxy) is 1. The first-order valence-electron chi connectivity index (χ1n) is 15.4. The molecule has 4 aliphatic rings. The lowest BCUT2D eigenvalue weighted by Gasteiger charge is -2.42. The second-order valence-electron chi connectivity index (χ2n) is 12.1.